The third-order valence-corrected chi connectivity index (χ3v) is 3.79. The van der Waals surface area contributed by atoms with Gasteiger partial charge >= 0.3 is 0 Å². The Morgan fingerprint density at radius 1 is 1.47 bits per heavy atom. The molecule has 0 radical (unpaired) electrons. The molecule has 2 unspecified atom stereocenters. The summed E-state index contributed by atoms with van der Waals surface area (Å²) in [5, 5.41) is 3.65. The summed E-state index contributed by atoms with van der Waals surface area (Å²) in [5.41, 5.74) is 0. The Labute approximate surface area is 93.2 Å². The molecule has 1 saturated carbocycles. The molecule has 3 heteroatoms. The van der Waals surface area contributed by atoms with Gasteiger partial charge in [-0.15, -0.1) is 0 Å². The maximum absolute atomic E-state index is 5.46. The number of morpholine rings is 1. The van der Waals surface area contributed by atoms with E-state index in [1.54, 1.807) is 0 Å². The molecule has 3 nitrogen and oxygen atoms in total. The van der Waals surface area contributed by atoms with E-state index in [-0.39, 0.29) is 0 Å². The molecule has 1 aliphatic carbocycles. The lowest BCUT2D eigenvalue weighted by molar-refractivity contribution is -0.0189. The Kier molecular flexibility index (Phi) is 4.00. The maximum Gasteiger partial charge on any atom is 0.0619 e. The fraction of sp³-hybridized carbons (Fsp3) is 1.00. The van der Waals surface area contributed by atoms with E-state index in [0.29, 0.717) is 12.1 Å². The molecule has 1 aliphatic heterocycles. The van der Waals surface area contributed by atoms with Crippen LogP contribution in [-0.2, 0) is 4.74 Å². The molecule has 0 aromatic heterocycles. The Bertz CT molecular complexity index is 194. The first-order chi connectivity index (χ1) is 7.27. The summed E-state index contributed by atoms with van der Waals surface area (Å²) < 4.78 is 5.46. The normalized spacial score (nSPS) is 31.2. The van der Waals surface area contributed by atoms with Gasteiger partial charge in [-0.25, -0.2) is 0 Å². The molecule has 15 heavy (non-hydrogen) atoms. The molecule has 0 bridgehead atoms. The first-order valence-electron chi connectivity index (χ1n) is 6.34. The van der Waals surface area contributed by atoms with E-state index >= 15 is 0 Å². The molecule has 2 fully saturated rings. The highest BCUT2D eigenvalue weighted by atomic mass is 16.5. The van der Waals surface area contributed by atoms with Crippen molar-refractivity contribution in [3.05, 3.63) is 0 Å². The minimum Gasteiger partial charge on any atom is -0.379 e. The van der Waals surface area contributed by atoms with Crippen LogP contribution in [0.1, 0.15) is 33.1 Å². The van der Waals surface area contributed by atoms with Crippen LogP contribution < -0.4 is 5.32 Å². The highest BCUT2D eigenvalue weighted by Crippen LogP contribution is 2.18. The molecular formula is C12H24N2O. The minimum absolute atomic E-state index is 0.581. The number of nitrogens with zero attached hydrogens (tertiary/aromatic N) is 1. The first-order valence-corrected chi connectivity index (χ1v) is 6.34. The summed E-state index contributed by atoms with van der Waals surface area (Å²) in [6.45, 7) is 8.61. The lowest BCUT2D eigenvalue weighted by atomic mass is 9.93. The standard InChI is InChI=1S/C12H24N2O/c1-10(8-13-12-4-3-5-12)14-6-7-15-9-11(14)2/h10-13H,3-9H2,1-2H3. The second-order valence-corrected chi connectivity index (χ2v) is 5.05. The van der Waals surface area contributed by atoms with Crippen LogP contribution >= 0.6 is 0 Å². The van der Waals surface area contributed by atoms with E-state index in [4.69, 9.17) is 4.74 Å². The smallest absolute Gasteiger partial charge is 0.0619 e. The molecule has 0 aromatic rings. The van der Waals surface area contributed by atoms with Gasteiger partial charge in [0.25, 0.3) is 0 Å². The van der Waals surface area contributed by atoms with Crippen molar-refractivity contribution in [2.75, 3.05) is 26.3 Å². The topological polar surface area (TPSA) is 24.5 Å². The zero-order valence-electron chi connectivity index (χ0n) is 10.0. The monoisotopic (exact) mass is 212 g/mol. The van der Waals surface area contributed by atoms with Crippen molar-refractivity contribution in [1.82, 2.24) is 10.2 Å². The van der Waals surface area contributed by atoms with Gasteiger partial charge in [0.2, 0.25) is 0 Å². The minimum atomic E-state index is 0.581. The number of rotatable bonds is 4. The number of hydrogen-bond acceptors (Lipinski definition) is 3. The Hall–Kier alpha value is -0.120. The van der Waals surface area contributed by atoms with Crippen molar-refractivity contribution in [3.8, 4) is 0 Å². The average Bonchev–Trinajstić information content (AvgIpc) is 2.16. The fourth-order valence-corrected chi connectivity index (χ4v) is 2.46. The van der Waals surface area contributed by atoms with Crippen LogP contribution in [0.3, 0.4) is 0 Å². The van der Waals surface area contributed by atoms with Crippen LogP contribution in [0.15, 0.2) is 0 Å². The number of hydrogen-bond donors (Lipinski definition) is 1. The Morgan fingerprint density at radius 2 is 2.27 bits per heavy atom. The van der Waals surface area contributed by atoms with E-state index in [2.05, 4.69) is 24.1 Å². The summed E-state index contributed by atoms with van der Waals surface area (Å²) in [5.74, 6) is 0. The van der Waals surface area contributed by atoms with Crippen LogP contribution in [0.2, 0.25) is 0 Å². The quantitative estimate of drug-likeness (QED) is 0.759. The predicted molar refractivity (Wildman–Crippen MR) is 62.1 cm³/mol. The van der Waals surface area contributed by atoms with Crippen molar-refractivity contribution in [2.24, 2.45) is 0 Å². The van der Waals surface area contributed by atoms with E-state index in [0.717, 1.165) is 32.3 Å². The van der Waals surface area contributed by atoms with Crippen LogP contribution in [0.25, 0.3) is 0 Å². The highest BCUT2D eigenvalue weighted by molar-refractivity contribution is 4.82. The molecule has 0 aromatic carbocycles. The summed E-state index contributed by atoms with van der Waals surface area (Å²) in [4.78, 5) is 2.56. The summed E-state index contributed by atoms with van der Waals surface area (Å²) in [6.07, 6.45) is 4.18. The Morgan fingerprint density at radius 3 is 2.87 bits per heavy atom. The number of nitrogens with one attached hydrogen (secondary N) is 1. The van der Waals surface area contributed by atoms with Crippen molar-refractivity contribution in [3.63, 3.8) is 0 Å². The van der Waals surface area contributed by atoms with Gasteiger partial charge in [0, 0.05) is 31.2 Å². The van der Waals surface area contributed by atoms with Gasteiger partial charge in [0.15, 0.2) is 0 Å². The summed E-state index contributed by atoms with van der Waals surface area (Å²) >= 11 is 0. The van der Waals surface area contributed by atoms with E-state index < -0.39 is 0 Å². The molecular weight excluding hydrogens is 188 g/mol. The number of ether oxygens (including phenoxy) is 1. The van der Waals surface area contributed by atoms with E-state index in [1.165, 1.54) is 19.3 Å². The van der Waals surface area contributed by atoms with Crippen LogP contribution in [0.4, 0.5) is 0 Å². The van der Waals surface area contributed by atoms with Gasteiger partial charge in [-0.3, -0.25) is 4.90 Å². The molecule has 0 amide bonds. The molecule has 1 heterocycles. The van der Waals surface area contributed by atoms with Crippen LogP contribution in [0.5, 0.6) is 0 Å². The third kappa shape index (κ3) is 2.92. The van der Waals surface area contributed by atoms with Gasteiger partial charge in [-0.2, -0.15) is 0 Å². The lowest BCUT2D eigenvalue weighted by Gasteiger charge is -2.39. The van der Waals surface area contributed by atoms with E-state index in [1.807, 2.05) is 0 Å². The molecule has 0 spiro atoms. The molecule has 2 atom stereocenters. The largest absolute Gasteiger partial charge is 0.379 e. The molecule has 1 saturated heterocycles. The average molecular weight is 212 g/mol. The highest BCUT2D eigenvalue weighted by Gasteiger charge is 2.24. The zero-order chi connectivity index (χ0) is 10.7. The van der Waals surface area contributed by atoms with Gasteiger partial charge in [-0.1, -0.05) is 6.42 Å². The fourth-order valence-electron chi connectivity index (χ4n) is 2.46. The molecule has 88 valence electrons. The maximum atomic E-state index is 5.46. The molecule has 1 N–H and O–H groups in total. The van der Waals surface area contributed by atoms with Crippen molar-refractivity contribution < 1.29 is 4.74 Å². The second kappa shape index (κ2) is 5.28. The SMILES string of the molecule is CC(CNC1CCC1)N1CCOCC1C. The summed E-state index contributed by atoms with van der Waals surface area (Å²) in [7, 11) is 0. The van der Waals surface area contributed by atoms with Gasteiger partial charge in [0.05, 0.1) is 13.2 Å². The summed E-state index contributed by atoms with van der Waals surface area (Å²) in [6, 6.07) is 2.03. The zero-order valence-corrected chi connectivity index (χ0v) is 10.0. The van der Waals surface area contributed by atoms with Crippen molar-refractivity contribution in [2.45, 2.75) is 51.2 Å². The third-order valence-electron chi connectivity index (χ3n) is 3.79. The Balaban J connectivity index is 1.70. The van der Waals surface area contributed by atoms with Crippen molar-refractivity contribution in [1.29, 1.82) is 0 Å². The molecule has 2 rings (SSSR count). The second-order valence-electron chi connectivity index (χ2n) is 5.05. The molecule has 2 aliphatic rings. The first kappa shape index (κ1) is 11.4. The predicted octanol–water partition coefficient (Wildman–Crippen LogP) is 1.24. The van der Waals surface area contributed by atoms with Crippen LogP contribution in [0, 0.1) is 0 Å². The lowest BCUT2D eigenvalue weighted by Crippen LogP contribution is -2.52. The van der Waals surface area contributed by atoms with Gasteiger partial charge in [-0.05, 0) is 26.7 Å². The van der Waals surface area contributed by atoms with Crippen molar-refractivity contribution >= 4 is 0 Å². The van der Waals surface area contributed by atoms with Crippen LogP contribution in [-0.4, -0.2) is 49.3 Å². The van der Waals surface area contributed by atoms with Gasteiger partial charge < -0.3 is 10.1 Å². The van der Waals surface area contributed by atoms with Gasteiger partial charge in [0.1, 0.15) is 0 Å². The van der Waals surface area contributed by atoms with E-state index in [9.17, 15) is 0 Å².